The molecule has 0 aliphatic carbocycles. The fourth-order valence-electron chi connectivity index (χ4n) is 3.41. The Morgan fingerprint density at radius 1 is 0.865 bits per heavy atom. The van der Waals surface area contributed by atoms with Crippen LogP contribution in [0.4, 0.5) is 0 Å². The Morgan fingerprint density at radius 2 is 1.46 bits per heavy atom. The Hall–Kier alpha value is -3.67. The molecule has 0 bridgehead atoms. The first-order valence-electron chi connectivity index (χ1n) is 12.1. The van der Waals surface area contributed by atoms with Gasteiger partial charge in [-0.25, -0.2) is 4.79 Å². The summed E-state index contributed by atoms with van der Waals surface area (Å²) in [5.74, 6) is -3.75. The molecule has 0 heterocycles. The third-order valence-electron chi connectivity index (χ3n) is 5.49. The summed E-state index contributed by atoms with van der Waals surface area (Å²) in [6, 6.07) is 1.92. The van der Waals surface area contributed by atoms with Crippen LogP contribution in [0.3, 0.4) is 0 Å². The summed E-state index contributed by atoms with van der Waals surface area (Å²) in [6.45, 7) is 8.25. The second-order valence-electron chi connectivity index (χ2n) is 9.74. The van der Waals surface area contributed by atoms with Crippen molar-refractivity contribution in [3.05, 3.63) is 29.8 Å². The lowest BCUT2D eigenvalue weighted by atomic mass is 10.0. The van der Waals surface area contributed by atoms with Gasteiger partial charge in [-0.3, -0.25) is 19.2 Å². The monoisotopic (exact) mass is 521 g/mol. The van der Waals surface area contributed by atoms with Crippen molar-refractivity contribution < 1.29 is 34.2 Å². The van der Waals surface area contributed by atoms with E-state index in [4.69, 9.17) is 5.73 Å². The van der Waals surface area contributed by atoms with E-state index in [1.54, 1.807) is 13.8 Å². The normalized spacial score (nSPS) is 14.3. The fourth-order valence-corrected chi connectivity index (χ4v) is 3.41. The van der Waals surface area contributed by atoms with Crippen LogP contribution in [0.5, 0.6) is 5.75 Å². The lowest BCUT2D eigenvalue weighted by molar-refractivity contribution is -0.141. The Morgan fingerprint density at radius 3 is 1.97 bits per heavy atom. The van der Waals surface area contributed by atoms with Crippen LogP contribution in [0, 0.1) is 11.8 Å². The largest absolute Gasteiger partial charge is 0.508 e. The van der Waals surface area contributed by atoms with Gasteiger partial charge in [-0.1, -0.05) is 39.8 Å². The standard InChI is InChI=1S/C25H39N5O7/c1-13(2)10-18(26)23(34)30-21(14(3)4)24(35)28-15(5)22(33)27-12-20(32)29-19(25(36)37)11-16-6-8-17(31)9-7-16/h6-9,13-15,18-19,21,31H,10-12,26H2,1-5H3,(H,27,33)(H,28,35)(H,29,32)(H,30,34)(H,36,37)/t15-,18-,19-,21-/m0/s1. The van der Waals surface area contributed by atoms with Gasteiger partial charge in [0.15, 0.2) is 0 Å². The van der Waals surface area contributed by atoms with Crippen molar-refractivity contribution in [1.29, 1.82) is 0 Å². The highest BCUT2D eigenvalue weighted by Gasteiger charge is 2.29. The smallest absolute Gasteiger partial charge is 0.326 e. The first-order chi connectivity index (χ1) is 17.2. The van der Waals surface area contributed by atoms with Crippen LogP contribution >= 0.6 is 0 Å². The molecule has 1 aromatic rings. The number of aliphatic carboxylic acids is 1. The number of carboxylic acids is 1. The fraction of sp³-hybridized carbons (Fsp3) is 0.560. The molecule has 4 amide bonds. The lowest BCUT2D eigenvalue weighted by Crippen LogP contribution is -2.57. The van der Waals surface area contributed by atoms with E-state index in [1.165, 1.54) is 31.2 Å². The van der Waals surface area contributed by atoms with Gasteiger partial charge in [-0.15, -0.1) is 0 Å². The van der Waals surface area contributed by atoms with E-state index in [0.717, 1.165) is 0 Å². The van der Waals surface area contributed by atoms with Gasteiger partial charge in [0.05, 0.1) is 12.6 Å². The molecule has 0 spiro atoms. The molecule has 1 aromatic carbocycles. The molecule has 0 aliphatic heterocycles. The van der Waals surface area contributed by atoms with Crippen LogP contribution in [0.15, 0.2) is 24.3 Å². The summed E-state index contributed by atoms with van der Waals surface area (Å²) in [5.41, 5.74) is 6.48. The number of phenols is 1. The highest BCUT2D eigenvalue weighted by atomic mass is 16.4. The van der Waals surface area contributed by atoms with Gasteiger partial charge in [0.2, 0.25) is 23.6 Å². The number of nitrogens with two attached hydrogens (primary N) is 1. The van der Waals surface area contributed by atoms with Crippen molar-refractivity contribution in [2.24, 2.45) is 17.6 Å². The van der Waals surface area contributed by atoms with Crippen molar-refractivity contribution in [3.8, 4) is 5.75 Å². The summed E-state index contributed by atoms with van der Waals surface area (Å²) in [5, 5.41) is 28.6. The quantitative estimate of drug-likeness (QED) is 0.172. The number of nitrogens with one attached hydrogen (secondary N) is 4. The molecule has 1 rings (SSSR count). The summed E-state index contributed by atoms with van der Waals surface area (Å²) >= 11 is 0. The van der Waals surface area contributed by atoms with Crippen LogP contribution in [0.1, 0.15) is 46.6 Å². The molecule has 4 atom stereocenters. The van der Waals surface area contributed by atoms with Gasteiger partial charge in [0.1, 0.15) is 23.9 Å². The maximum atomic E-state index is 12.7. The molecule has 0 saturated heterocycles. The second kappa shape index (κ2) is 14.8. The molecule has 12 heteroatoms. The Balaban J connectivity index is 2.62. The minimum absolute atomic E-state index is 0.0229. The predicted octanol–water partition coefficient (Wildman–Crippen LogP) is -0.361. The summed E-state index contributed by atoms with van der Waals surface area (Å²) in [6.07, 6.45) is 0.432. The van der Waals surface area contributed by atoms with E-state index >= 15 is 0 Å². The van der Waals surface area contributed by atoms with Gasteiger partial charge in [0, 0.05) is 6.42 Å². The lowest BCUT2D eigenvalue weighted by Gasteiger charge is -2.25. The van der Waals surface area contributed by atoms with E-state index in [0.29, 0.717) is 12.0 Å². The van der Waals surface area contributed by atoms with Crippen LogP contribution in [0.2, 0.25) is 0 Å². The first kappa shape index (κ1) is 31.4. The predicted molar refractivity (Wildman–Crippen MR) is 136 cm³/mol. The van der Waals surface area contributed by atoms with Crippen LogP contribution in [-0.2, 0) is 30.4 Å². The van der Waals surface area contributed by atoms with Gasteiger partial charge in [0.25, 0.3) is 0 Å². The number of hydrogen-bond donors (Lipinski definition) is 7. The molecule has 8 N–H and O–H groups in total. The zero-order valence-electron chi connectivity index (χ0n) is 21.9. The third-order valence-corrected chi connectivity index (χ3v) is 5.49. The Labute approximate surface area is 216 Å². The molecular formula is C25H39N5O7. The van der Waals surface area contributed by atoms with Crippen molar-refractivity contribution in [1.82, 2.24) is 21.3 Å². The number of aromatic hydroxyl groups is 1. The van der Waals surface area contributed by atoms with Crippen LogP contribution < -0.4 is 27.0 Å². The molecule has 0 fully saturated rings. The number of phenolic OH excluding ortho intramolecular Hbond substituents is 1. The van der Waals surface area contributed by atoms with E-state index in [-0.39, 0.29) is 24.0 Å². The first-order valence-corrected chi connectivity index (χ1v) is 12.1. The Kier molecular flexibility index (Phi) is 12.5. The summed E-state index contributed by atoms with van der Waals surface area (Å²) in [7, 11) is 0. The maximum Gasteiger partial charge on any atom is 0.326 e. The van der Waals surface area contributed by atoms with Crippen molar-refractivity contribution in [2.75, 3.05) is 6.54 Å². The molecule has 0 aromatic heterocycles. The van der Waals surface area contributed by atoms with Crippen LogP contribution in [0.25, 0.3) is 0 Å². The van der Waals surface area contributed by atoms with Crippen molar-refractivity contribution in [2.45, 2.75) is 71.6 Å². The molecular weight excluding hydrogens is 482 g/mol. The zero-order valence-corrected chi connectivity index (χ0v) is 21.9. The van der Waals surface area contributed by atoms with Gasteiger partial charge in [-0.2, -0.15) is 0 Å². The molecule has 12 nitrogen and oxygen atoms in total. The summed E-state index contributed by atoms with van der Waals surface area (Å²) in [4.78, 5) is 61.3. The van der Waals surface area contributed by atoms with Gasteiger partial charge >= 0.3 is 5.97 Å². The minimum Gasteiger partial charge on any atom is -0.508 e. The number of rotatable bonds is 14. The van der Waals surface area contributed by atoms with E-state index in [2.05, 4.69) is 21.3 Å². The van der Waals surface area contributed by atoms with Gasteiger partial charge < -0.3 is 37.2 Å². The van der Waals surface area contributed by atoms with E-state index in [9.17, 15) is 34.2 Å². The summed E-state index contributed by atoms with van der Waals surface area (Å²) < 4.78 is 0. The average Bonchev–Trinajstić information content (AvgIpc) is 2.80. The molecule has 0 unspecified atom stereocenters. The molecule has 0 saturated carbocycles. The number of carbonyl (C=O) groups excluding carboxylic acids is 4. The maximum absolute atomic E-state index is 12.7. The molecule has 0 aliphatic rings. The van der Waals surface area contributed by atoms with Gasteiger partial charge in [-0.05, 0) is 42.9 Å². The number of amides is 4. The topological polar surface area (TPSA) is 200 Å². The zero-order chi connectivity index (χ0) is 28.3. The minimum atomic E-state index is -1.26. The number of hydrogen-bond acceptors (Lipinski definition) is 7. The SMILES string of the molecule is CC(C)C[C@H](N)C(=O)N[C@H](C(=O)N[C@@H](C)C(=O)NCC(=O)N[C@@H](Cc1ccc(O)cc1)C(=O)O)C(C)C. The van der Waals surface area contributed by atoms with Crippen LogP contribution in [-0.4, -0.2) is 70.5 Å². The van der Waals surface area contributed by atoms with E-state index < -0.39 is 60.3 Å². The number of carboxylic acid groups (broad SMARTS) is 1. The van der Waals surface area contributed by atoms with Crippen molar-refractivity contribution >= 4 is 29.6 Å². The number of benzene rings is 1. The van der Waals surface area contributed by atoms with E-state index in [1.807, 2.05) is 13.8 Å². The molecule has 0 radical (unpaired) electrons. The number of carbonyl (C=O) groups is 5. The molecule has 206 valence electrons. The third kappa shape index (κ3) is 11.3. The highest BCUT2D eigenvalue weighted by Crippen LogP contribution is 2.11. The second-order valence-corrected chi connectivity index (χ2v) is 9.74. The molecule has 37 heavy (non-hydrogen) atoms. The van der Waals surface area contributed by atoms with Crippen molar-refractivity contribution in [3.63, 3.8) is 0 Å². The highest BCUT2D eigenvalue weighted by molar-refractivity contribution is 5.94. The average molecular weight is 522 g/mol. The Bertz CT molecular complexity index is 949.